The molecule has 2 amide bonds. The molecular formula is C19H16N4O3S. The Morgan fingerprint density at radius 1 is 1.04 bits per heavy atom. The molecule has 0 unspecified atom stereocenters. The Bertz CT molecular complexity index is 965. The molecule has 0 bridgehead atoms. The summed E-state index contributed by atoms with van der Waals surface area (Å²) in [4.78, 5) is 30.4. The molecule has 2 heterocycles. The highest BCUT2D eigenvalue weighted by Crippen LogP contribution is 2.24. The van der Waals surface area contributed by atoms with Gasteiger partial charge in [0.1, 0.15) is 5.75 Å². The van der Waals surface area contributed by atoms with Gasteiger partial charge in [0, 0.05) is 17.9 Å². The van der Waals surface area contributed by atoms with Crippen LogP contribution in [0.4, 0.5) is 0 Å². The molecular weight excluding hydrogens is 364 g/mol. The maximum absolute atomic E-state index is 12.3. The third kappa shape index (κ3) is 3.31. The van der Waals surface area contributed by atoms with E-state index in [1.807, 2.05) is 24.3 Å². The number of aromatic amines is 1. The summed E-state index contributed by atoms with van der Waals surface area (Å²) < 4.78 is 5.14. The average molecular weight is 380 g/mol. The third-order valence-electron chi connectivity index (χ3n) is 4.25. The Balaban J connectivity index is 1.37. The van der Waals surface area contributed by atoms with Crippen molar-refractivity contribution in [2.24, 2.45) is 0 Å². The number of nitrogens with one attached hydrogen (secondary N) is 1. The van der Waals surface area contributed by atoms with Crippen LogP contribution < -0.4 is 4.74 Å². The van der Waals surface area contributed by atoms with Crippen molar-refractivity contribution in [3.05, 3.63) is 59.7 Å². The zero-order chi connectivity index (χ0) is 18.8. The minimum absolute atomic E-state index is 0.245. The minimum Gasteiger partial charge on any atom is -0.497 e. The van der Waals surface area contributed by atoms with Gasteiger partial charge >= 0.3 is 0 Å². The number of ether oxygens (including phenoxy) is 1. The van der Waals surface area contributed by atoms with Gasteiger partial charge in [0.15, 0.2) is 5.82 Å². The fourth-order valence-corrected chi connectivity index (χ4v) is 3.58. The van der Waals surface area contributed by atoms with E-state index in [4.69, 9.17) is 4.74 Å². The lowest BCUT2D eigenvalue weighted by Gasteiger charge is -2.12. The van der Waals surface area contributed by atoms with Crippen molar-refractivity contribution in [3.8, 4) is 17.1 Å². The van der Waals surface area contributed by atoms with E-state index in [9.17, 15) is 9.59 Å². The number of imide groups is 1. The number of carbonyl (C=O) groups excluding carboxylic acids is 2. The molecule has 27 heavy (non-hydrogen) atoms. The quantitative estimate of drug-likeness (QED) is 0.523. The van der Waals surface area contributed by atoms with Crippen LogP contribution in [-0.2, 0) is 0 Å². The fraction of sp³-hybridized carbons (Fsp3) is 0.158. The molecule has 0 saturated carbocycles. The van der Waals surface area contributed by atoms with Crippen LogP contribution >= 0.6 is 11.8 Å². The Kier molecular flexibility index (Phi) is 4.64. The molecule has 0 spiro atoms. The Morgan fingerprint density at radius 2 is 1.70 bits per heavy atom. The first kappa shape index (κ1) is 17.3. The molecule has 1 N–H and O–H groups in total. The summed E-state index contributed by atoms with van der Waals surface area (Å²) >= 11 is 1.39. The molecule has 0 aliphatic carbocycles. The van der Waals surface area contributed by atoms with Crippen molar-refractivity contribution in [1.29, 1.82) is 0 Å². The predicted octanol–water partition coefficient (Wildman–Crippen LogP) is 2.87. The summed E-state index contributed by atoms with van der Waals surface area (Å²) in [7, 11) is 1.62. The number of rotatable bonds is 6. The Morgan fingerprint density at radius 3 is 2.33 bits per heavy atom. The molecule has 1 aromatic heterocycles. The zero-order valence-electron chi connectivity index (χ0n) is 14.5. The number of H-pyrrole nitrogens is 1. The van der Waals surface area contributed by atoms with E-state index in [1.165, 1.54) is 16.7 Å². The topological polar surface area (TPSA) is 88.2 Å². The molecule has 136 valence electrons. The van der Waals surface area contributed by atoms with Gasteiger partial charge in [0.2, 0.25) is 5.16 Å². The minimum atomic E-state index is -0.245. The van der Waals surface area contributed by atoms with Crippen molar-refractivity contribution in [3.63, 3.8) is 0 Å². The number of hydrogen-bond donors (Lipinski definition) is 1. The van der Waals surface area contributed by atoms with E-state index in [2.05, 4.69) is 15.2 Å². The maximum atomic E-state index is 12.3. The average Bonchev–Trinajstić information content (AvgIpc) is 3.27. The van der Waals surface area contributed by atoms with Gasteiger partial charge in [0.25, 0.3) is 11.8 Å². The van der Waals surface area contributed by atoms with Gasteiger partial charge in [0.05, 0.1) is 18.2 Å². The number of nitrogens with zero attached hydrogens (tertiary/aromatic N) is 3. The van der Waals surface area contributed by atoms with Gasteiger partial charge in [-0.25, -0.2) is 4.98 Å². The first-order chi connectivity index (χ1) is 13.2. The number of methoxy groups -OCH3 is 1. The van der Waals surface area contributed by atoms with Crippen LogP contribution in [-0.4, -0.2) is 51.3 Å². The molecule has 1 aliphatic rings. The fourth-order valence-electron chi connectivity index (χ4n) is 2.86. The van der Waals surface area contributed by atoms with Gasteiger partial charge in [-0.05, 0) is 36.4 Å². The third-order valence-corrected chi connectivity index (χ3v) is 5.08. The summed E-state index contributed by atoms with van der Waals surface area (Å²) in [6.45, 7) is 0.309. The highest BCUT2D eigenvalue weighted by molar-refractivity contribution is 7.99. The Hall–Kier alpha value is -3.13. The molecule has 1 aliphatic heterocycles. The summed E-state index contributed by atoms with van der Waals surface area (Å²) in [6.07, 6.45) is 0. The lowest BCUT2D eigenvalue weighted by molar-refractivity contribution is 0.0664. The molecule has 8 heteroatoms. The lowest BCUT2D eigenvalue weighted by Crippen LogP contribution is -2.31. The Labute approximate surface area is 159 Å². The first-order valence-corrected chi connectivity index (χ1v) is 9.31. The highest BCUT2D eigenvalue weighted by atomic mass is 32.2. The van der Waals surface area contributed by atoms with Gasteiger partial charge in [-0.3, -0.25) is 19.6 Å². The lowest BCUT2D eigenvalue weighted by atomic mass is 10.1. The number of aromatic nitrogens is 3. The van der Waals surface area contributed by atoms with E-state index in [0.717, 1.165) is 11.3 Å². The van der Waals surface area contributed by atoms with Crippen molar-refractivity contribution >= 4 is 23.6 Å². The van der Waals surface area contributed by atoms with Crippen LogP contribution in [0.2, 0.25) is 0 Å². The van der Waals surface area contributed by atoms with Crippen molar-refractivity contribution in [1.82, 2.24) is 20.1 Å². The van der Waals surface area contributed by atoms with Crippen LogP contribution in [0.5, 0.6) is 5.75 Å². The largest absolute Gasteiger partial charge is 0.497 e. The standard InChI is InChI=1S/C19H16N4O3S/c1-26-13-8-6-12(7-9-13)16-20-19(22-21-16)27-11-10-23-17(24)14-4-2-3-5-15(14)18(23)25/h2-9H,10-11H2,1H3,(H,20,21,22). The molecule has 0 radical (unpaired) electrons. The number of carbonyl (C=O) groups is 2. The molecule has 0 atom stereocenters. The van der Waals surface area contributed by atoms with Crippen LogP contribution in [0.1, 0.15) is 20.7 Å². The normalized spacial score (nSPS) is 13.1. The van der Waals surface area contributed by atoms with E-state index < -0.39 is 0 Å². The smallest absolute Gasteiger partial charge is 0.261 e. The molecule has 0 saturated heterocycles. The summed E-state index contributed by atoms with van der Waals surface area (Å²) in [6, 6.07) is 14.4. The van der Waals surface area contributed by atoms with Crippen molar-refractivity contribution in [2.75, 3.05) is 19.4 Å². The maximum Gasteiger partial charge on any atom is 0.261 e. The zero-order valence-corrected chi connectivity index (χ0v) is 15.3. The predicted molar refractivity (Wildman–Crippen MR) is 101 cm³/mol. The van der Waals surface area contributed by atoms with Crippen LogP contribution in [0.3, 0.4) is 0 Å². The van der Waals surface area contributed by atoms with Gasteiger partial charge < -0.3 is 4.74 Å². The van der Waals surface area contributed by atoms with Gasteiger partial charge in [-0.1, -0.05) is 23.9 Å². The van der Waals surface area contributed by atoms with Gasteiger partial charge in [-0.2, -0.15) is 0 Å². The van der Waals surface area contributed by atoms with Crippen molar-refractivity contribution in [2.45, 2.75) is 5.16 Å². The molecule has 2 aromatic carbocycles. The number of fused-ring (bicyclic) bond motifs is 1. The summed E-state index contributed by atoms with van der Waals surface area (Å²) in [5, 5.41) is 7.65. The monoisotopic (exact) mass is 380 g/mol. The van der Waals surface area contributed by atoms with E-state index in [1.54, 1.807) is 31.4 Å². The molecule has 4 rings (SSSR count). The van der Waals surface area contributed by atoms with E-state index in [0.29, 0.717) is 34.4 Å². The second-order valence-corrected chi connectivity index (χ2v) is 6.91. The number of benzene rings is 2. The SMILES string of the molecule is COc1ccc(-c2nc(SCCN3C(=O)c4ccccc4C3=O)n[nH]2)cc1. The first-order valence-electron chi connectivity index (χ1n) is 8.32. The number of amides is 2. The van der Waals surface area contributed by atoms with Crippen molar-refractivity contribution < 1.29 is 14.3 Å². The molecule has 7 nitrogen and oxygen atoms in total. The molecule has 0 fully saturated rings. The second-order valence-electron chi connectivity index (χ2n) is 5.85. The van der Waals surface area contributed by atoms with E-state index >= 15 is 0 Å². The summed E-state index contributed by atoms with van der Waals surface area (Å²) in [5.41, 5.74) is 1.83. The summed E-state index contributed by atoms with van der Waals surface area (Å²) in [5.74, 6) is 1.45. The van der Waals surface area contributed by atoms with Gasteiger partial charge in [-0.15, -0.1) is 5.10 Å². The highest BCUT2D eigenvalue weighted by Gasteiger charge is 2.34. The van der Waals surface area contributed by atoms with Crippen LogP contribution in [0.25, 0.3) is 11.4 Å². The number of thioether (sulfide) groups is 1. The van der Waals surface area contributed by atoms with Crippen LogP contribution in [0.15, 0.2) is 53.7 Å². The second kappa shape index (κ2) is 7.24. The van der Waals surface area contributed by atoms with Crippen LogP contribution in [0, 0.1) is 0 Å². The molecule has 3 aromatic rings. The number of hydrogen-bond acceptors (Lipinski definition) is 6. The van der Waals surface area contributed by atoms with E-state index in [-0.39, 0.29) is 11.8 Å².